The van der Waals surface area contributed by atoms with Crippen molar-refractivity contribution >= 4 is 11.9 Å². The minimum absolute atomic E-state index is 0.384. The second-order valence-corrected chi connectivity index (χ2v) is 3.15. The maximum Gasteiger partial charge on any atom is 0.328 e. The van der Waals surface area contributed by atoms with Gasteiger partial charge in [-0.3, -0.25) is 4.79 Å². The molecule has 0 atom stereocenters. The molecule has 0 aromatic carbocycles. The average Bonchev–Trinajstić information content (AvgIpc) is 2.20. The summed E-state index contributed by atoms with van der Waals surface area (Å²) < 4.78 is 0. The number of carboxylic acid groups (broad SMARTS) is 1. The Balaban J connectivity index is 3.67. The van der Waals surface area contributed by atoms with Crippen LogP contribution in [0.2, 0.25) is 0 Å². The second kappa shape index (κ2) is 7.28. The first-order valence-corrected chi connectivity index (χ1v) is 4.71. The highest BCUT2D eigenvalue weighted by Gasteiger charge is 1.96. The van der Waals surface area contributed by atoms with Gasteiger partial charge in [-0.25, -0.2) is 4.79 Å². The normalized spacial score (nSPS) is 9.81. The highest BCUT2D eigenvalue weighted by Crippen LogP contribution is 1.96. The number of allylic oxidation sites excluding steroid dienone is 1. The van der Waals surface area contributed by atoms with Crippen LogP contribution < -0.4 is 10.6 Å². The predicted molar refractivity (Wildman–Crippen MR) is 61.7 cm³/mol. The molecule has 0 radical (unpaired) electrons. The van der Waals surface area contributed by atoms with Crippen LogP contribution >= 0.6 is 0 Å². The summed E-state index contributed by atoms with van der Waals surface area (Å²) in [6, 6.07) is 0. The van der Waals surface area contributed by atoms with E-state index >= 15 is 0 Å². The summed E-state index contributed by atoms with van der Waals surface area (Å²) in [7, 11) is 0. The fourth-order valence-corrected chi connectivity index (χ4v) is 0.756. The topological polar surface area (TPSA) is 78.4 Å². The molecule has 5 nitrogen and oxygen atoms in total. The lowest BCUT2D eigenvalue weighted by atomic mass is 10.3. The molecule has 0 aromatic rings. The average molecular weight is 224 g/mol. The van der Waals surface area contributed by atoms with Gasteiger partial charge < -0.3 is 15.7 Å². The SMILES string of the molecule is C=C(C)C(=C)NCCNC(=O)/C=C\C(=O)O. The van der Waals surface area contributed by atoms with Gasteiger partial charge in [-0.2, -0.15) is 0 Å². The number of carbonyl (C=O) groups is 2. The quantitative estimate of drug-likeness (QED) is 0.333. The first-order chi connectivity index (χ1) is 7.43. The number of nitrogens with one attached hydrogen (secondary N) is 2. The van der Waals surface area contributed by atoms with E-state index in [-0.39, 0.29) is 0 Å². The highest BCUT2D eigenvalue weighted by atomic mass is 16.4. The molecule has 16 heavy (non-hydrogen) atoms. The third-order valence-electron chi connectivity index (χ3n) is 1.66. The van der Waals surface area contributed by atoms with Gasteiger partial charge in [-0.1, -0.05) is 13.2 Å². The number of rotatable bonds is 7. The Kier molecular flexibility index (Phi) is 6.35. The van der Waals surface area contributed by atoms with Crippen molar-refractivity contribution in [1.29, 1.82) is 0 Å². The van der Waals surface area contributed by atoms with Crippen LogP contribution in [0.5, 0.6) is 0 Å². The summed E-state index contributed by atoms with van der Waals surface area (Å²) in [6.07, 6.45) is 1.76. The molecule has 0 aliphatic heterocycles. The van der Waals surface area contributed by atoms with Crippen LogP contribution in [0.15, 0.2) is 36.6 Å². The molecular weight excluding hydrogens is 208 g/mol. The molecule has 5 heteroatoms. The zero-order valence-corrected chi connectivity index (χ0v) is 9.25. The van der Waals surface area contributed by atoms with Crippen LogP contribution in [0.3, 0.4) is 0 Å². The molecule has 0 heterocycles. The fraction of sp³-hybridized carbons (Fsp3) is 0.273. The zero-order chi connectivity index (χ0) is 12.6. The Morgan fingerprint density at radius 1 is 1.19 bits per heavy atom. The van der Waals surface area contributed by atoms with Crippen LogP contribution in [0.1, 0.15) is 6.92 Å². The Labute approximate surface area is 94.5 Å². The van der Waals surface area contributed by atoms with Gasteiger partial charge in [-0.15, -0.1) is 0 Å². The number of carboxylic acids is 1. The van der Waals surface area contributed by atoms with Crippen LogP contribution in [0, 0.1) is 0 Å². The minimum Gasteiger partial charge on any atom is -0.478 e. The van der Waals surface area contributed by atoms with Gasteiger partial charge >= 0.3 is 5.97 Å². The summed E-state index contributed by atoms with van der Waals surface area (Å²) in [5.41, 5.74) is 1.55. The van der Waals surface area contributed by atoms with Crippen LogP contribution in [0.4, 0.5) is 0 Å². The molecule has 0 aromatic heterocycles. The van der Waals surface area contributed by atoms with E-state index in [1.807, 2.05) is 6.92 Å². The Morgan fingerprint density at radius 3 is 2.25 bits per heavy atom. The third kappa shape index (κ3) is 7.37. The smallest absolute Gasteiger partial charge is 0.328 e. The maximum absolute atomic E-state index is 11.0. The summed E-state index contributed by atoms with van der Waals surface area (Å²) in [5.74, 6) is -1.59. The number of aliphatic carboxylic acids is 1. The Hall–Kier alpha value is -2.04. The number of hydrogen-bond donors (Lipinski definition) is 3. The number of hydrogen-bond acceptors (Lipinski definition) is 3. The van der Waals surface area contributed by atoms with Crippen LogP contribution in [-0.4, -0.2) is 30.1 Å². The number of amides is 1. The molecule has 0 aliphatic carbocycles. The van der Waals surface area contributed by atoms with E-state index in [1.54, 1.807) is 0 Å². The molecule has 0 saturated carbocycles. The third-order valence-corrected chi connectivity index (χ3v) is 1.66. The summed E-state index contributed by atoms with van der Waals surface area (Å²) in [4.78, 5) is 21.1. The van der Waals surface area contributed by atoms with Crippen LogP contribution in [0.25, 0.3) is 0 Å². The van der Waals surface area contributed by atoms with Gasteiger partial charge in [0.05, 0.1) is 0 Å². The van der Waals surface area contributed by atoms with Crippen molar-refractivity contribution in [3.8, 4) is 0 Å². The van der Waals surface area contributed by atoms with Crippen molar-refractivity contribution < 1.29 is 14.7 Å². The van der Waals surface area contributed by atoms with Crippen molar-refractivity contribution in [2.24, 2.45) is 0 Å². The molecule has 0 rings (SSSR count). The van der Waals surface area contributed by atoms with E-state index < -0.39 is 11.9 Å². The van der Waals surface area contributed by atoms with E-state index in [1.165, 1.54) is 0 Å². The fourth-order valence-electron chi connectivity index (χ4n) is 0.756. The van der Waals surface area contributed by atoms with E-state index in [2.05, 4.69) is 23.8 Å². The van der Waals surface area contributed by atoms with Crippen molar-refractivity contribution in [3.05, 3.63) is 36.6 Å². The largest absolute Gasteiger partial charge is 0.478 e. The molecule has 0 saturated heterocycles. The monoisotopic (exact) mass is 224 g/mol. The maximum atomic E-state index is 11.0. The van der Waals surface area contributed by atoms with Crippen molar-refractivity contribution in [2.75, 3.05) is 13.1 Å². The van der Waals surface area contributed by atoms with Gasteiger partial charge in [0.2, 0.25) is 5.91 Å². The highest BCUT2D eigenvalue weighted by molar-refractivity contribution is 5.93. The Morgan fingerprint density at radius 2 is 1.75 bits per heavy atom. The van der Waals surface area contributed by atoms with Crippen molar-refractivity contribution in [3.63, 3.8) is 0 Å². The lowest BCUT2D eigenvalue weighted by Gasteiger charge is -2.08. The molecule has 0 fully saturated rings. The van der Waals surface area contributed by atoms with E-state index in [4.69, 9.17) is 5.11 Å². The molecule has 0 aliphatic rings. The lowest BCUT2D eigenvalue weighted by molar-refractivity contribution is -0.131. The number of carbonyl (C=O) groups excluding carboxylic acids is 1. The summed E-state index contributed by atoms with van der Waals surface area (Å²) >= 11 is 0. The van der Waals surface area contributed by atoms with Crippen molar-refractivity contribution in [1.82, 2.24) is 10.6 Å². The predicted octanol–water partition coefficient (Wildman–Crippen LogP) is 0.423. The molecule has 0 unspecified atom stereocenters. The van der Waals surface area contributed by atoms with Crippen LogP contribution in [-0.2, 0) is 9.59 Å². The van der Waals surface area contributed by atoms with E-state index in [9.17, 15) is 9.59 Å². The summed E-state index contributed by atoms with van der Waals surface area (Å²) in [5, 5.41) is 13.7. The first kappa shape index (κ1) is 14.0. The standard InChI is InChI=1S/C11H16N2O3/c1-8(2)9(3)12-6-7-13-10(14)4-5-11(15)16/h4-5,12H,1,3,6-7H2,2H3,(H,13,14)(H,15,16)/b5-4-. The molecule has 3 N–H and O–H groups in total. The van der Waals surface area contributed by atoms with Gasteiger partial charge in [-0.05, 0) is 12.5 Å². The Bertz CT molecular complexity index is 332. The van der Waals surface area contributed by atoms with Gasteiger partial charge in [0.25, 0.3) is 0 Å². The van der Waals surface area contributed by atoms with Gasteiger partial charge in [0.1, 0.15) is 0 Å². The second-order valence-electron chi connectivity index (χ2n) is 3.15. The first-order valence-electron chi connectivity index (χ1n) is 4.71. The molecular formula is C11H16N2O3. The lowest BCUT2D eigenvalue weighted by Crippen LogP contribution is -2.30. The van der Waals surface area contributed by atoms with Gasteiger partial charge in [0.15, 0.2) is 0 Å². The summed E-state index contributed by atoms with van der Waals surface area (Å²) in [6.45, 7) is 10.1. The minimum atomic E-state index is -1.15. The van der Waals surface area contributed by atoms with Gasteiger partial charge in [0, 0.05) is 30.9 Å². The molecule has 0 spiro atoms. The van der Waals surface area contributed by atoms with E-state index in [0.29, 0.717) is 13.1 Å². The van der Waals surface area contributed by atoms with Crippen molar-refractivity contribution in [2.45, 2.75) is 6.92 Å². The molecule has 1 amide bonds. The molecule has 0 bridgehead atoms. The van der Waals surface area contributed by atoms with E-state index in [0.717, 1.165) is 23.4 Å². The zero-order valence-electron chi connectivity index (χ0n) is 9.25. The molecule has 88 valence electrons.